The van der Waals surface area contributed by atoms with Gasteiger partial charge < -0.3 is 15.6 Å². The summed E-state index contributed by atoms with van der Waals surface area (Å²) in [6.45, 7) is 0.663. The lowest BCUT2D eigenvalue weighted by atomic mass is 10.2. The summed E-state index contributed by atoms with van der Waals surface area (Å²) in [5.41, 5.74) is 5.57. The quantitative estimate of drug-likeness (QED) is 0.699. The molecule has 0 bridgehead atoms. The molecular weight excluding hydrogens is 194 g/mol. The third-order valence-corrected chi connectivity index (χ3v) is 2.52. The van der Waals surface area contributed by atoms with Crippen LogP contribution >= 0.6 is 0 Å². The van der Waals surface area contributed by atoms with E-state index >= 15 is 0 Å². The van der Waals surface area contributed by atoms with Crippen LogP contribution in [0, 0.1) is 0 Å². The number of aromatic nitrogens is 1. The van der Waals surface area contributed by atoms with Gasteiger partial charge in [0, 0.05) is 37.5 Å². The van der Waals surface area contributed by atoms with Crippen LogP contribution in [0.2, 0.25) is 0 Å². The Morgan fingerprint density at radius 3 is 2.93 bits per heavy atom. The number of pyridine rings is 1. The maximum Gasteiger partial charge on any atom is 0.220 e. The van der Waals surface area contributed by atoms with Crippen molar-refractivity contribution in [3.63, 3.8) is 0 Å². The molecular formula is C10H13N3O2. The number of carbonyl (C=O) groups is 1. The second kappa shape index (κ2) is 3.76. The van der Waals surface area contributed by atoms with Gasteiger partial charge in [-0.05, 0) is 6.42 Å². The van der Waals surface area contributed by atoms with Crippen molar-refractivity contribution in [1.82, 2.24) is 9.88 Å². The van der Waals surface area contributed by atoms with Crippen LogP contribution in [-0.2, 0) is 11.3 Å². The van der Waals surface area contributed by atoms with Gasteiger partial charge in [-0.2, -0.15) is 0 Å². The molecule has 0 aromatic carbocycles. The van der Waals surface area contributed by atoms with Crippen LogP contribution < -0.4 is 16.5 Å². The van der Waals surface area contributed by atoms with Crippen LogP contribution in [0.3, 0.4) is 0 Å². The molecule has 5 heteroatoms. The third kappa shape index (κ3) is 2.18. The number of nitrogens with one attached hydrogen (secondary N) is 1. The van der Waals surface area contributed by atoms with Gasteiger partial charge in [-0.1, -0.05) is 0 Å². The molecule has 0 aliphatic carbocycles. The van der Waals surface area contributed by atoms with E-state index in [1.54, 1.807) is 12.4 Å². The number of carbonyl (C=O) groups excluding carboxylic acids is 1. The molecule has 1 aliphatic rings. The summed E-state index contributed by atoms with van der Waals surface area (Å²) < 4.78 is 1.83. The Labute approximate surface area is 86.9 Å². The van der Waals surface area contributed by atoms with Gasteiger partial charge in [0.25, 0.3) is 0 Å². The summed E-state index contributed by atoms with van der Waals surface area (Å²) in [6, 6.07) is 1.59. The van der Waals surface area contributed by atoms with E-state index in [2.05, 4.69) is 5.32 Å². The van der Waals surface area contributed by atoms with E-state index in [4.69, 9.17) is 5.73 Å². The molecule has 1 amide bonds. The predicted octanol–water partition coefficient (Wildman–Crippen LogP) is -0.291. The maximum atomic E-state index is 11.1. The van der Waals surface area contributed by atoms with Crippen LogP contribution in [0.15, 0.2) is 23.3 Å². The molecule has 15 heavy (non-hydrogen) atoms. The first-order chi connectivity index (χ1) is 7.15. The highest BCUT2D eigenvalue weighted by atomic mass is 16.2. The molecule has 1 fully saturated rings. The number of nitrogens with zero attached hydrogens (tertiary/aromatic N) is 1. The number of rotatable bonds is 2. The second-order valence-electron chi connectivity index (χ2n) is 3.76. The maximum absolute atomic E-state index is 11.1. The summed E-state index contributed by atoms with van der Waals surface area (Å²) in [4.78, 5) is 22.0. The number of anilines is 1. The fourth-order valence-corrected chi connectivity index (χ4v) is 1.73. The predicted molar refractivity (Wildman–Crippen MR) is 56.3 cm³/mol. The Bertz CT molecular complexity index is 439. The van der Waals surface area contributed by atoms with Gasteiger partial charge in [0.1, 0.15) is 0 Å². The SMILES string of the molecule is Nc1cn(CC2CCC(=O)N2)ccc1=O. The molecule has 1 saturated heterocycles. The highest BCUT2D eigenvalue weighted by Crippen LogP contribution is 2.08. The van der Waals surface area contributed by atoms with Crippen molar-refractivity contribution in [3.8, 4) is 0 Å². The van der Waals surface area contributed by atoms with Crippen LogP contribution in [-0.4, -0.2) is 16.5 Å². The first-order valence-electron chi connectivity index (χ1n) is 4.90. The van der Waals surface area contributed by atoms with E-state index in [9.17, 15) is 9.59 Å². The van der Waals surface area contributed by atoms with E-state index < -0.39 is 0 Å². The van der Waals surface area contributed by atoms with Crippen molar-refractivity contribution in [1.29, 1.82) is 0 Å². The largest absolute Gasteiger partial charge is 0.394 e. The first-order valence-corrected chi connectivity index (χ1v) is 4.90. The number of hydrogen-bond acceptors (Lipinski definition) is 3. The van der Waals surface area contributed by atoms with Crippen LogP contribution in [0.4, 0.5) is 5.69 Å². The van der Waals surface area contributed by atoms with Gasteiger partial charge >= 0.3 is 0 Å². The summed E-state index contributed by atoms with van der Waals surface area (Å²) in [6.07, 6.45) is 4.71. The normalized spacial score (nSPS) is 20.3. The van der Waals surface area contributed by atoms with Crippen LogP contribution in [0.5, 0.6) is 0 Å². The molecule has 1 atom stereocenters. The van der Waals surface area contributed by atoms with Crippen molar-refractivity contribution in [2.75, 3.05) is 5.73 Å². The lowest BCUT2D eigenvalue weighted by Crippen LogP contribution is -2.29. The zero-order valence-electron chi connectivity index (χ0n) is 8.27. The fourth-order valence-electron chi connectivity index (χ4n) is 1.73. The average Bonchev–Trinajstić information content (AvgIpc) is 2.58. The van der Waals surface area contributed by atoms with Crippen molar-refractivity contribution >= 4 is 11.6 Å². The molecule has 1 aromatic heterocycles. The van der Waals surface area contributed by atoms with Gasteiger partial charge in [-0.3, -0.25) is 9.59 Å². The first kappa shape index (κ1) is 9.76. The summed E-state index contributed by atoms with van der Waals surface area (Å²) in [5.74, 6) is 0.0917. The molecule has 0 saturated carbocycles. The molecule has 1 unspecified atom stereocenters. The number of hydrogen-bond donors (Lipinski definition) is 2. The zero-order chi connectivity index (χ0) is 10.8. The molecule has 80 valence electrons. The Morgan fingerprint density at radius 1 is 1.53 bits per heavy atom. The van der Waals surface area contributed by atoms with Gasteiger partial charge in [0.05, 0.1) is 5.69 Å². The van der Waals surface area contributed by atoms with Gasteiger partial charge in [-0.25, -0.2) is 0 Å². The topological polar surface area (TPSA) is 77.1 Å². The highest BCUT2D eigenvalue weighted by Gasteiger charge is 2.20. The Hall–Kier alpha value is -1.78. The lowest BCUT2D eigenvalue weighted by molar-refractivity contribution is -0.119. The minimum absolute atomic E-state index is 0.0917. The number of amides is 1. The van der Waals surface area contributed by atoms with Gasteiger partial charge in [0.2, 0.25) is 11.3 Å². The molecule has 1 aromatic rings. The summed E-state index contributed by atoms with van der Waals surface area (Å²) in [5, 5.41) is 2.86. The molecule has 0 spiro atoms. The van der Waals surface area contributed by atoms with Crippen molar-refractivity contribution < 1.29 is 4.79 Å². The van der Waals surface area contributed by atoms with Gasteiger partial charge in [0.15, 0.2) is 0 Å². The van der Waals surface area contributed by atoms with Crippen molar-refractivity contribution in [3.05, 3.63) is 28.7 Å². The summed E-state index contributed by atoms with van der Waals surface area (Å²) in [7, 11) is 0. The zero-order valence-corrected chi connectivity index (χ0v) is 8.27. The van der Waals surface area contributed by atoms with E-state index in [0.29, 0.717) is 13.0 Å². The number of nitrogens with two attached hydrogens (primary N) is 1. The fraction of sp³-hybridized carbons (Fsp3) is 0.400. The summed E-state index contributed by atoms with van der Waals surface area (Å²) >= 11 is 0. The molecule has 2 rings (SSSR count). The minimum Gasteiger partial charge on any atom is -0.394 e. The molecule has 0 radical (unpaired) electrons. The minimum atomic E-state index is -0.165. The molecule has 5 nitrogen and oxygen atoms in total. The smallest absolute Gasteiger partial charge is 0.220 e. The van der Waals surface area contributed by atoms with Crippen molar-refractivity contribution in [2.45, 2.75) is 25.4 Å². The van der Waals surface area contributed by atoms with Crippen LogP contribution in [0.25, 0.3) is 0 Å². The lowest BCUT2D eigenvalue weighted by Gasteiger charge is -2.12. The Balaban J connectivity index is 2.08. The molecule has 2 heterocycles. The van der Waals surface area contributed by atoms with E-state index in [0.717, 1.165) is 6.42 Å². The highest BCUT2D eigenvalue weighted by molar-refractivity contribution is 5.78. The molecule has 3 N–H and O–H groups in total. The van der Waals surface area contributed by atoms with Crippen LogP contribution in [0.1, 0.15) is 12.8 Å². The third-order valence-electron chi connectivity index (χ3n) is 2.52. The van der Waals surface area contributed by atoms with E-state index in [-0.39, 0.29) is 23.1 Å². The van der Waals surface area contributed by atoms with Crippen molar-refractivity contribution in [2.24, 2.45) is 0 Å². The average molecular weight is 207 g/mol. The Morgan fingerprint density at radius 2 is 2.33 bits per heavy atom. The number of nitrogen functional groups attached to an aromatic ring is 1. The molecule has 1 aliphatic heterocycles. The van der Waals surface area contributed by atoms with E-state index in [1.165, 1.54) is 6.07 Å². The van der Waals surface area contributed by atoms with Gasteiger partial charge in [-0.15, -0.1) is 0 Å². The standard InChI is InChI=1S/C10H13N3O2/c11-8-6-13(4-3-9(8)14)5-7-1-2-10(15)12-7/h3-4,6-7H,1-2,5,11H2,(H,12,15). The second-order valence-corrected chi connectivity index (χ2v) is 3.76. The Kier molecular flexibility index (Phi) is 2.45. The monoisotopic (exact) mass is 207 g/mol. The van der Waals surface area contributed by atoms with E-state index in [1.807, 2.05) is 4.57 Å².